The van der Waals surface area contributed by atoms with Gasteiger partial charge in [-0.1, -0.05) is 35.3 Å². The smallest absolute Gasteiger partial charge is 0.449 e. The Labute approximate surface area is 147 Å². The van der Waals surface area contributed by atoms with E-state index in [0.717, 1.165) is 0 Å². The molecule has 3 N–H and O–H groups in total. The molecule has 24 heavy (non-hydrogen) atoms. The Morgan fingerprint density at radius 1 is 1.04 bits per heavy atom. The van der Waals surface area contributed by atoms with E-state index in [9.17, 15) is 9.59 Å². The van der Waals surface area contributed by atoms with Gasteiger partial charge in [0.1, 0.15) is 17.4 Å². The first-order valence-corrected chi connectivity index (χ1v) is 7.42. The molecule has 0 radical (unpaired) electrons. The quantitative estimate of drug-likeness (QED) is 0.668. The number of rotatable bonds is 3. The normalized spacial score (nSPS) is 15.2. The molecule has 1 aromatic carbocycles. The van der Waals surface area contributed by atoms with Crippen molar-refractivity contribution in [3.63, 3.8) is 0 Å². The Morgan fingerprint density at radius 3 is 2.00 bits per heavy atom. The summed E-state index contributed by atoms with van der Waals surface area (Å²) in [6, 6.07) is 4.74. The molecule has 0 amide bonds. The lowest BCUT2D eigenvalue weighted by Gasteiger charge is -2.30. The molecule has 0 saturated carbocycles. The lowest BCUT2D eigenvalue weighted by molar-refractivity contribution is 0.0979. The Morgan fingerprint density at radius 2 is 1.54 bits per heavy atom. The molecule has 7 nitrogen and oxygen atoms in total. The minimum atomic E-state index is -1.55. The van der Waals surface area contributed by atoms with Crippen molar-refractivity contribution in [2.24, 2.45) is 0 Å². The van der Waals surface area contributed by atoms with Crippen molar-refractivity contribution in [2.45, 2.75) is 19.8 Å². The summed E-state index contributed by atoms with van der Waals surface area (Å²) < 4.78 is 9.70. The van der Waals surface area contributed by atoms with Crippen molar-refractivity contribution in [1.29, 1.82) is 0 Å². The molecule has 0 atom stereocenters. The van der Waals surface area contributed by atoms with Gasteiger partial charge in [-0.3, -0.25) is 0 Å². The fourth-order valence-corrected chi connectivity index (χ4v) is 2.86. The van der Waals surface area contributed by atoms with E-state index < -0.39 is 18.2 Å². The van der Waals surface area contributed by atoms with Gasteiger partial charge in [-0.05, 0) is 25.5 Å². The second-order valence-corrected chi connectivity index (χ2v) is 5.70. The van der Waals surface area contributed by atoms with E-state index in [0.29, 0.717) is 17.0 Å². The molecule has 0 saturated heterocycles. The highest BCUT2D eigenvalue weighted by Crippen LogP contribution is 2.43. The van der Waals surface area contributed by atoms with Gasteiger partial charge in [-0.2, -0.15) is 0 Å². The summed E-state index contributed by atoms with van der Waals surface area (Å²) in [5.74, 6) is -1.08. The van der Waals surface area contributed by atoms with Crippen LogP contribution in [0.25, 0.3) is 0 Å². The van der Waals surface area contributed by atoms with Crippen LogP contribution in [0.5, 0.6) is 0 Å². The van der Waals surface area contributed by atoms with E-state index in [2.05, 4.69) is 5.32 Å². The van der Waals surface area contributed by atoms with Gasteiger partial charge in [0.2, 0.25) is 0 Å². The number of carboxylic acid groups (broad SMARTS) is 2. The predicted octanol–water partition coefficient (Wildman–Crippen LogP) is 4.53. The Bertz CT molecular complexity index is 733. The average Bonchev–Trinajstić information content (AvgIpc) is 2.47. The Balaban J connectivity index is 2.67. The Kier molecular flexibility index (Phi) is 5.26. The summed E-state index contributed by atoms with van der Waals surface area (Å²) >= 11 is 12.2. The van der Waals surface area contributed by atoms with Gasteiger partial charge in [0, 0.05) is 0 Å². The van der Waals surface area contributed by atoms with Crippen molar-refractivity contribution < 1.29 is 29.3 Å². The molecule has 9 heteroatoms. The third-order valence-corrected chi connectivity index (χ3v) is 4.16. The van der Waals surface area contributed by atoms with Gasteiger partial charge >= 0.3 is 12.3 Å². The number of carbonyl (C=O) groups is 2. The molecule has 128 valence electrons. The van der Waals surface area contributed by atoms with Crippen LogP contribution < -0.4 is 5.32 Å². The molecule has 1 heterocycles. The van der Waals surface area contributed by atoms with E-state index >= 15 is 0 Å². The molecular weight excluding hydrogens is 361 g/mol. The largest absolute Gasteiger partial charge is 0.511 e. The van der Waals surface area contributed by atoms with Crippen molar-refractivity contribution in [3.05, 3.63) is 56.7 Å². The highest BCUT2D eigenvalue weighted by Gasteiger charge is 2.36. The van der Waals surface area contributed by atoms with E-state index in [4.69, 9.17) is 42.9 Å². The average molecular weight is 374 g/mol. The molecule has 0 fully saturated rings. The van der Waals surface area contributed by atoms with Gasteiger partial charge in [-0.25, -0.2) is 9.59 Å². The summed E-state index contributed by atoms with van der Waals surface area (Å²) in [6.45, 7) is 3.18. The summed E-state index contributed by atoms with van der Waals surface area (Å²) in [6.07, 6.45) is -3.10. The summed E-state index contributed by atoms with van der Waals surface area (Å²) in [7, 11) is 0. The van der Waals surface area contributed by atoms with Crippen LogP contribution in [0.3, 0.4) is 0 Å². The number of ether oxygens (including phenoxy) is 2. The molecular formula is C15H13Cl2NO6. The van der Waals surface area contributed by atoms with E-state index in [-0.39, 0.29) is 21.6 Å². The van der Waals surface area contributed by atoms with Crippen LogP contribution in [0.4, 0.5) is 9.59 Å². The maximum atomic E-state index is 11.0. The SMILES string of the molecule is CC1=C(OC(=O)O)C(c2cccc(Cl)c2Cl)C(OC(=O)O)=C(C)N1. The number of dihydropyridines is 1. The van der Waals surface area contributed by atoms with Crippen LogP contribution in [-0.2, 0) is 9.47 Å². The van der Waals surface area contributed by atoms with Crippen LogP contribution >= 0.6 is 23.2 Å². The Hall–Kier alpha value is -2.38. The standard InChI is InChI=1S/C15H13Cl2NO6/c1-6-12(23-14(19)20)10(8-4-3-5-9(16)11(8)17)13(7(2)18-6)24-15(21)22/h3-5,10,18H,1-2H3,(H,19,20)(H,21,22). The zero-order valence-electron chi connectivity index (χ0n) is 12.6. The number of nitrogens with one attached hydrogen (secondary N) is 1. The van der Waals surface area contributed by atoms with E-state index in [1.165, 1.54) is 0 Å². The van der Waals surface area contributed by atoms with Crippen molar-refractivity contribution >= 4 is 35.5 Å². The third kappa shape index (κ3) is 3.58. The number of hydrogen-bond donors (Lipinski definition) is 3. The summed E-state index contributed by atoms with van der Waals surface area (Å²) in [4.78, 5) is 22.1. The minimum Gasteiger partial charge on any atom is -0.449 e. The maximum Gasteiger partial charge on any atom is 0.511 e. The number of benzene rings is 1. The molecule has 0 unspecified atom stereocenters. The third-order valence-electron chi connectivity index (χ3n) is 3.33. The van der Waals surface area contributed by atoms with Crippen LogP contribution in [0, 0.1) is 0 Å². The topological polar surface area (TPSA) is 105 Å². The zero-order valence-corrected chi connectivity index (χ0v) is 14.1. The van der Waals surface area contributed by atoms with Gasteiger partial charge in [0.15, 0.2) is 0 Å². The summed E-state index contributed by atoms with van der Waals surface area (Å²) in [5.41, 5.74) is 1.12. The molecule has 0 bridgehead atoms. The molecule has 0 spiro atoms. The van der Waals surface area contributed by atoms with Crippen LogP contribution in [0.15, 0.2) is 41.1 Å². The first-order chi connectivity index (χ1) is 11.2. The lowest BCUT2D eigenvalue weighted by Crippen LogP contribution is -2.28. The molecule has 1 aromatic rings. The number of hydrogen-bond acceptors (Lipinski definition) is 5. The van der Waals surface area contributed by atoms with Gasteiger partial charge in [0.05, 0.1) is 21.4 Å². The number of allylic oxidation sites excluding steroid dienone is 2. The van der Waals surface area contributed by atoms with Crippen LogP contribution in [0.1, 0.15) is 25.3 Å². The van der Waals surface area contributed by atoms with Crippen LogP contribution in [0.2, 0.25) is 10.0 Å². The minimum absolute atomic E-state index is 0.0477. The second-order valence-electron chi connectivity index (χ2n) is 4.92. The highest BCUT2D eigenvalue weighted by molar-refractivity contribution is 6.42. The van der Waals surface area contributed by atoms with Crippen molar-refractivity contribution in [1.82, 2.24) is 5.32 Å². The van der Waals surface area contributed by atoms with Gasteiger partial charge in [0.25, 0.3) is 0 Å². The lowest BCUT2D eigenvalue weighted by atomic mass is 9.90. The second kappa shape index (κ2) is 7.02. The fourth-order valence-electron chi connectivity index (χ4n) is 2.44. The van der Waals surface area contributed by atoms with Crippen molar-refractivity contribution in [3.8, 4) is 0 Å². The fraction of sp³-hybridized carbons (Fsp3) is 0.200. The number of halogens is 2. The molecule has 0 aliphatic carbocycles. The predicted molar refractivity (Wildman–Crippen MR) is 86.0 cm³/mol. The molecule has 1 aliphatic rings. The first kappa shape index (κ1) is 18.0. The molecule has 1 aliphatic heterocycles. The highest BCUT2D eigenvalue weighted by atomic mass is 35.5. The molecule has 0 aromatic heterocycles. The van der Waals surface area contributed by atoms with E-state index in [1.807, 2.05) is 0 Å². The monoisotopic (exact) mass is 373 g/mol. The van der Waals surface area contributed by atoms with Gasteiger partial charge < -0.3 is 25.0 Å². The van der Waals surface area contributed by atoms with Gasteiger partial charge in [-0.15, -0.1) is 0 Å². The first-order valence-electron chi connectivity index (χ1n) is 6.66. The summed E-state index contributed by atoms with van der Waals surface area (Å²) in [5, 5.41) is 21.2. The van der Waals surface area contributed by atoms with E-state index in [1.54, 1.807) is 32.0 Å². The van der Waals surface area contributed by atoms with Crippen molar-refractivity contribution in [2.75, 3.05) is 0 Å². The zero-order chi connectivity index (χ0) is 18.0. The van der Waals surface area contributed by atoms with Crippen LogP contribution in [-0.4, -0.2) is 22.5 Å². The molecule has 2 rings (SSSR count). The maximum absolute atomic E-state index is 11.0.